The van der Waals surface area contributed by atoms with Crippen molar-refractivity contribution >= 4 is 64.0 Å². The summed E-state index contributed by atoms with van der Waals surface area (Å²) >= 11 is 7.40. The molecular formula is C27H32Cl2N6O4S. The van der Waals surface area contributed by atoms with Crippen molar-refractivity contribution < 1.29 is 14.4 Å². The molecule has 40 heavy (non-hydrogen) atoms. The van der Waals surface area contributed by atoms with E-state index in [2.05, 4.69) is 25.5 Å². The summed E-state index contributed by atoms with van der Waals surface area (Å²) in [4.78, 5) is 64.4. The molecule has 1 fully saturated rings. The van der Waals surface area contributed by atoms with E-state index in [1.165, 1.54) is 17.4 Å². The van der Waals surface area contributed by atoms with Gasteiger partial charge in [0.25, 0.3) is 11.8 Å². The van der Waals surface area contributed by atoms with Gasteiger partial charge in [0.1, 0.15) is 5.69 Å². The predicted octanol–water partition coefficient (Wildman–Crippen LogP) is 2.83. The fraction of sp³-hybridized carbons (Fsp3) is 0.444. The van der Waals surface area contributed by atoms with Gasteiger partial charge in [-0.2, -0.15) is 0 Å². The molecule has 13 heteroatoms. The van der Waals surface area contributed by atoms with Gasteiger partial charge in [-0.3, -0.25) is 19.2 Å². The fourth-order valence-electron chi connectivity index (χ4n) is 5.33. The Bertz CT molecular complexity index is 1510. The van der Waals surface area contributed by atoms with E-state index in [0.29, 0.717) is 40.2 Å². The van der Waals surface area contributed by atoms with Gasteiger partial charge in [-0.05, 0) is 44.5 Å². The minimum Gasteiger partial charge on any atom is -0.350 e. The maximum Gasteiger partial charge on any atom is 0.280 e. The zero-order valence-corrected chi connectivity index (χ0v) is 24.8. The quantitative estimate of drug-likeness (QED) is 0.410. The van der Waals surface area contributed by atoms with Gasteiger partial charge in [-0.1, -0.05) is 11.6 Å². The first-order valence-corrected chi connectivity index (χ1v) is 14.1. The Balaban J connectivity index is 0.00000370. The fourth-order valence-corrected chi connectivity index (χ4v) is 6.59. The number of hydrogen-bond donors (Lipinski definition) is 3. The van der Waals surface area contributed by atoms with Gasteiger partial charge >= 0.3 is 0 Å². The predicted molar refractivity (Wildman–Crippen MR) is 158 cm³/mol. The number of carbonyl (C=O) groups is 3. The normalized spacial score (nSPS) is 20.8. The molecule has 0 bridgehead atoms. The third kappa shape index (κ3) is 6.33. The standard InChI is InChI=1S/C27H31ClN6O4S.ClH/c1-33(2)27(38)14-4-6-18(30-24(36)21-12-22(35)16-11-15(28)5-7-17(16)29-21)20(10-14)31-25(37)26-32-19-8-9-34(3)13-23(19)39-26;/h5,7,11-12,14,18,20H,4,6,8-10,13H2,1-3H3,(H,29,35)(H,30,36)(H,31,37);1H/t14-,18-,20+;/m0./s1. The molecule has 2 aromatic heterocycles. The summed E-state index contributed by atoms with van der Waals surface area (Å²) in [5, 5.41) is 7.26. The second kappa shape index (κ2) is 12.3. The molecule has 1 aliphatic carbocycles. The Labute approximate surface area is 246 Å². The van der Waals surface area contributed by atoms with Gasteiger partial charge in [0.2, 0.25) is 5.91 Å². The third-order valence-corrected chi connectivity index (χ3v) is 8.74. The summed E-state index contributed by atoms with van der Waals surface area (Å²) in [6, 6.07) is 5.18. The lowest BCUT2D eigenvalue weighted by Crippen LogP contribution is -2.56. The summed E-state index contributed by atoms with van der Waals surface area (Å²) in [6.07, 6.45) is 2.24. The molecule has 3 aromatic rings. The van der Waals surface area contributed by atoms with Crippen molar-refractivity contribution in [1.82, 2.24) is 30.4 Å². The number of likely N-dealkylation sites (N-methyl/N-ethyl adjacent to an activating group) is 1. The van der Waals surface area contributed by atoms with Crippen LogP contribution in [0.5, 0.6) is 0 Å². The zero-order valence-electron chi connectivity index (χ0n) is 22.5. The van der Waals surface area contributed by atoms with Crippen LogP contribution >= 0.6 is 35.3 Å². The number of pyridine rings is 1. The molecular weight excluding hydrogens is 575 g/mol. The number of H-pyrrole nitrogens is 1. The Morgan fingerprint density at radius 1 is 1.12 bits per heavy atom. The number of rotatable bonds is 5. The number of fused-ring (bicyclic) bond motifs is 2. The Kier molecular flexibility index (Phi) is 9.19. The van der Waals surface area contributed by atoms with E-state index in [-0.39, 0.29) is 41.3 Å². The number of carbonyl (C=O) groups excluding carboxylic acids is 3. The average molecular weight is 608 g/mol. The van der Waals surface area contributed by atoms with Crippen LogP contribution in [0.2, 0.25) is 5.02 Å². The molecule has 10 nitrogen and oxygen atoms in total. The smallest absolute Gasteiger partial charge is 0.280 e. The van der Waals surface area contributed by atoms with Crippen molar-refractivity contribution in [2.24, 2.45) is 5.92 Å². The maximum atomic E-state index is 13.3. The number of thiazole rings is 1. The minimum atomic E-state index is -0.487. The van der Waals surface area contributed by atoms with E-state index in [9.17, 15) is 19.2 Å². The number of halogens is 2. The molecule has 1 aliphatic heterocycles. The summed E-state index contributed by atoms with van der Waals surface area (Å²) < 4.78 is 0. The van der Waals surface area contributed by atoms with Crippen molar-refractivity contribution in [3.05, 3.63) is 60.8 Å². The van der Waals surface area contributed by atoms with Gasteiger partial charge in [-0.25, -0.2) is 4.98 Å². The third-order valence-electron chi connectivity index (χ3n) is 7.43. The first kappa shape index (κ1) is 30.0. The molecule has 3 N–H and O–H groups in total. The number of amides is 3. The molecule has 0 radical (unpaired) electrons. The first-order chi connectivity index (χ1) is 18.6. The number of aromatic amines is 1. The van der Waals surface area contributed by atoms with Crippen LogP contribution in [0.1, 0.15) is 50.1 Å². The van der Waals surface area contributed by atoms with Crippen LogP contribution in [-0.2, 0) is 17.8 Å². The molecule has 3 amide bonds. The highest BCUT2D eigenvalue weighted by molar-refractivity contribution is 7.13. The van der Waals surface area contributed by atoms with Gasteiger partial charge in [0.15, 0.2) is 10.4 Å². The van der Waals surface area contributed by atoms with Crippen LogP contribution in [0, 0.1) is 5.92 Å². The molecule has 3 heterocycles. The van der Waals surface area contributed by atoms with Crippen molar-refractivity contribution in [2.45, 2.75) is 44.3 Å². The van der Waals surface area contributed by atoms with Gasteiger partial charge < -0.3 is 25.4 Å². The lowest BCUT2D eigenvalue weighted by atomic mass is 9.81. The number of aromatic nitrogens is 2. The largest absolute Gasteiger partial charge is 0.350 e. The lowest BCUT2D eigenvalue weighted by Gasteiger charge is -2.37. The SMILES string of the molecule is CN1CCc2nc(C(=O)N[C@@H]3C[C@@H](C(=O)N(C)C)CC[C@@H]3NC(=O)c3cc(=O)c4cc(Cl)ccc4[nH]3)sc2C1.Cl. The van der Waals surface area contributed by atoms with Crippen molar-refractivity contribution in [3.63, 3.8) is 0 Å². The minimum absolute atomic E-state index is 0. The highest BCUT2D eigenvalue weighted by atomic mass is 35.5. The van der Waals surface area contributed by atoms with E-state index < -0.39 is 18.0 Å². The number of nitrogens with zero attached hydrogens (tertiary/aromatic N) is 3. The molecule has 0 saturated heterocycles. The van der Waals surface area contributed by atoms with Crippen LogP contribution in [-0.4, -0.2) is 77.3 Å². The highest BCUT2D eigenvalue weighted by Crippen LogP contribution is 2.28. The molecule has 3 atom stereocenters. The summed E-state index contributed by atoms with van der Waals surface area (Å²) in [5.74, 6) is -1.06. The highest BCUT2D eigenvalue weighted by Gasteiger charge is 2.37. The molecule has 2 aliphatic rings. The van der Waals surface area contributed by atoms with Crippen molar-refractivity contribution in [3.8, 4) is 0 Å². The average Bonchev–Trinajstić information content (AvgIpc) is 3.33. The zero-order chi connectivity index (χ0) is 27.8. The topological polar surface area (TPSA) is 128 Å². The van der Waals surface area contributed by atoms with Crippen LogP contribution in [0.25, 0.3) is 10.9 Å². The van der Waals surface area contributed by atoms with Crippen LogP contribution in [0.4, 0.5) is 0 Å². The van der Waals surface area contributed by atoms with E-state index in [1.807, 2.05) is 7.05 Å². The summed E-state index contributed by atoms with van der Waals surface area (Å²) in [7, 11) is 5.46. The van der Waals surface area contributed by atoms with E-state index in [4.69, 9.17) is 11.6 Å². The molecule has 5 rings (SSSR count). The Morgan fingerprint density at radius 3 is 2.62 bits per heavy atom. The molecule has 1 aromatic carbocycles. The lowest BCUT2D eigenvalue weighted by molar-refractivity contribution is -0.134. The van der Waals surface area contributed by atoms with Crippen LogP contribution in [0.15, 0.2) is 29.1 Å². The Hall–Kier alpha value is -2.99. The van der Waals surface area contributed by atoms with Gasteiger partial charge in [0, 0.05) is 72.4 Å². The van der Waals surface area contributed by atoms with Crippen molar-refractivity contribution in [1.29, 1.82) is 0 Å². The van der Waals surface area contributed by atoms with Crippen LogP contribution in [0.3, 0.4) is 0 Å². The molecule has 214 valence electrons. The first-order valence-electron chi connectivity index (χ1n) is 12.9. The van der Waals surface area contributed by atoms with E-state index >= 15 is 0 Å². The van der Waals surface area contributed by atoms with Crippen molar-refractivity contribution in [2.75, 3.05) is 27.7 Å². The van der Waals surface area contributed by atoms with E-state index in [0.717, 1.165) is 30.1 Å². The Morgan fingerprint density at radius 2 is 1.88 bits per heavy atom. The van der Waals surface area contributed by atoms with E-state index in [1.54, 1.807) is 37.2 Å². The monoisotopic (exact) mass is 606 g/mol. The number of benzene rings is 1. The van der Waals surface area contributed by atoms with Crippen LogP contribution < -0.4 is 16.1 Å². The second-order valence-corrected chi connectivity index (χ2v) is 12.0. The molecule has 0 spiro atoms. The number of hydrogen-bond acceptors (Lipinski definition) is 7. The molecule has 0 unspecified atom stereocenters. The molecule has 1 saturated carbocycles. The summed E-state index contributed by atoms with van der Waals surface area (Å²) in [6.45, 7) is 1.66. The summed E-state index contributed by atoms with van der Waals surface area (Å²) in [5.41, 5.74) is 1.25. The number of nitrogens with one attached hydrogen (secondary N) is 3. The van der Waals surface area contributed by atoms with Gasteiger partial charge in [0.05, 0.1) is 11.7 Å². The maximum absolute atomic E-state index is 13.3. The second-order valence-electron chi connectivity index (χ2n) is 10.5. The van der Waals surface area contributed by atoms with Gasteiger partial charge in [-0.15, -0.1) is 23.7 Å².